The second kappa shape index (κ2) is 8.50. The van der Waals surface area contributed by atoms with Crippen LogP contribution in [0.3, 0.4) is 0 Å². The molecule has 1 aliphatic heterocycles. The Morgan fingerprint density at radius 1 is 1.04 bits per heavy atom. The molecule has 1 saturated carbocycles. The van der Waals surface area contributed by atoms with E-state index in [4.69, 9.17) is 0 Å². The number of carbonyl (C=O) groups is 1. The van der Waals surface area contributed by atoms with E-state index >= 15 is 0 Å². The highest BCUT2D eigenvalue weighted by atomic mass is 32.2. The van der Waals surface area contributed by atoms with E-state index < -0.39 is 10.0 Å². The average Bonchev–Trinajstić information content (AvgIpc) is 2.91. The van der Waals surface area contributed by atoms with Crippen LogP contribution >= 0.6 is 0 Å². The van der Waals surface area contributed by atoms with Gasteiger partial charge in [-0.3, -0.25) is 4.79 Å². The van der Waals surface area contributed by atoms with Crippen molar-refractivity contribution in [1.82, 2.24) is 4.31 Å². The molecular formula is C19H30N3O3S+. The molecule has 2 aliphatic rings. The van der Waals surface area contributed by atoms with Crippen molar-refractivity contribution in [3.8, 4) is 0 Å². The molecule has 0 spiro atoms. The first-order chi connectivity index (χ1) is 12.5. The van der Waals surface area contributed by atoms with Gasteiger partial charge in [0, 0.05) is 12.6 Å². The molecule has 0 bridgehead atoms. The van der Waals surface area contributed by atoms with Gasteiger partial charge in [0.2, 0.25) is 15.9 Å². The van der Waals surface area contributed by atoms with Crippen molar-refractivity contribution in [3.63, 3.8) is 0 Å². The number of amides is 1. The first kappa shape index (κ1) is 19.3. The van der Waals surface area contributed by atoms with Gasteiger partial charge in [-0.2, -0.15) is 4.31 Å². The monoisotopic (exact) mass is 380 g/mol. The van der Waals surface area contributed by atoms with Gasteiger partial charge in [0.15, 0.2) is 0 Å². The number of piperazine rings is 1. The number of nitrogens with one attached hydrogen (secondary N) is 2. The molecule has 0 unspecified atom stereocenters. The van der Waals surface area contributed by atoms with Gasteiger partial charge in [-0.25, -0.2) is 8.42 Å². The topological polar surface area (TPSA) is 70.9 Å². The molecule has 0 aromatic heterocycles. The third-order valence-electron chi connectivity index (χ3n) is 5.61. The molecule has 3 rings (SSSR count). The summed E-state index contributed by atoms with van der Waals surface area (Å²) in [5, 5.41) is 2.66. The highest BCUT2D eigenvalue weighted by molar-refractivity contribution is 7.89. The highest BCUT2D eigenvalue weighted by Gasteiger charge is 2.33. The zero-order chi connectivity index (χ0) is 18.6. The fourth-order valence-electron chi connectivity index (χ4n) is 4.17. The lowest BCUT2D eigenvalue weighted by molar-refractivity contribution is -0.929. The summed E-state index contributed by atoms with van der Waals surface area (Å²) in [6.45, 7) is 4.39. The molecule has 7 heteroatoms. The number of carbonyl (C=O) groups excluding carboxylic acids is 1. The van der Waals surface area contributed by atoms with Crippen LogP contribution < -0.4 is 10.2 Å². The number of anilines is 1. The third-order valence-corrected chi connectivity index (χ3v) is 7.52. The molecule has 26 heavy (non-hydrogen) atoms. The Morgan fingerprint density at radius 2 is 1.62 bits per heavy atom. The molecule has 144 valence electrons. The molecule has 2 N–H and O–H groups in total. The Labute approximate surface area is 156 Å². The molecule has 1 aromatic carbocycles. The summed E-state index contributed by atoms with van der Waals surface area (Å²) >= 11 is 0. The maximum absolute atomic E-state index is 12.9. The average molecular weight is 381 g/mol. The fraction of sp³-hybridized carbons (Fsp3) is 0.632. The molecular weight excluding hydrogens is 350 g/mol. The van der Waals surface area contributed by atoms with Crippen molar-refractivity contribution < 1.29 is 18.1 Å². The smallest absolute Gasteiger partial charge is 0.243 e. The molecule has 0 atom stereocenters. The van der Waals surface area contributed by atoms with E-state index in [0.717, 1.165) is 13.1 Å². The van der Waals surface area contributed by atoms with Crippen LogP contribution in [0.5, 0.6) is 0 Å². The number of benzene rings is 1. The largest absolute Gasteiger partial charge is 0.330 e. The van der Waals surface area contributed by atoms with E-state index in [1.54, 1.807) is 33.5 Å². The molecule has 6 nitrogen and oxygen atoms in total. The number of rotatable bonds is 4. The van der Waals surface area contributed by atoms with E-state index in [0.29, 0.717) is 29.7 Å². The predicted molar refractivity (Wildman–Crippen MR) is 102 cm³/mol. The lowest BCUT2D eigenvalue weighted by Crippen LogP contribution is -3.18. The van der Waals surface area contributed by atoms with Crippen molar-refractivity contribution in [2.45, 2.75) is 56.4 Å². The summed E-state index contributed by atoms with van der Waals surface area (Å²) in [7, 11) is -3.46. The van der Waals surface area contributed by atoms with Gasteiger partial charge in [0.05, 0.1) is 37.1 Å². The Balaban J connectivity index is 1.61. The van der Waals surface area contributed by atoms with Crippen molar-refractivity contribution in [3.05, 3.63) is 24.3 Å². The van der Waals surface area contributed by atoms with Gasteiger partial charge in [0.1, 0.15) is 0 Å². The minimum atomic E-state index is -3.46. The third kappa shape index (κ3) is 4.64. The Morgan fingerprint density at radius 3 is 2.15 bits per heavy atom. The molecule has 2 fully saturated rings. The van der Waals surface area contributed by atoms with Crippen LogP contribution in [0, 0.1) is 0 Å². The molecule has 1 heterocycles. The van der Waals surface area contributed by atoms with Crippen LogP contribution in [0.4, 0.5) is 5.69 Å². The van der Waals surface area contributed by atoms with Gasteiger partial charge in [-0.1, -0.05) is 12.8 Å². The summed E-state index contributed by atoms with van der Waals surface area (Å²) < 4.78 is 27.4. The molecule has 0 radical (unpaired) electrons. The van der Waals surface area contributed by atoms with Crippen molar-refractivity contribution in [2.24, 2.45) is 0 Å². The van der Waals surface area contributed by atoms with Crippen LogP contribution in [0.15, 0.2) is 29.2 Å². The van der Waals surface area contributed by atoms with Gasteiger partial charge in [-0.15, -0.1) is 0 Å². The van der Waals surface area contributed by atoms with E-state index in [1.807, 2.05) is 0 Å². The standard InChI is InChI=1S/C19H29N3O3S/c1-16(23)20-17-8-10-19(11-9-17)26(24,25)22-14-12-21(13-15-22)18-6-4-2-3-5-7-18/h8-11,18H,2-7,12-15H2,1H3,(H,20,23)/p+1. The van der Waals surface area contributed by atoms with Crippen LogP contribution in [0.1, 0.15) is 45.4 Å². The van der Waals surface area contributed by atoms with E-state index in [9.17, 15) is 13.2 Å². The molecule has 1 saturated heterocycles. The summed E-state index contributed by atoms with van der Waals surface area (Å²) in [5.41, 5.74) is 0.610. The van der Waals surface area contributed by atoms with Gasteiger partial charge < -0.3 is 10.2 Å². The van der Waals surface area contributed by atoms with Gasteiger partial charge in [-0.05, 0) is 49.9 Å². The summed E-state index contributed by atoms with van der Waals surface area (Å²) in [6.07, 6.45) is 7.89. The minimum Gasteiger partial charge on any atom is -0.330 e. The summed E-state index contributed by atoms with van der Waals surface area (Å²) in [4.78, 5) is 13.0. The van der Waals surface area contributed by atoms with Crippen molar-refractivity contribution in [1.29, 1.82) is 0 Å². The number of hydrogen-bond acceptors (Lipinski definition) is 3. The van der Waals surface area contributed by atoms with E-state index in [2.05, 4.69) is 5.32 Å². The zero-order valence-electron chi connectivity index (χ0n) is 15.5. The number of hydrogen-bond donors (Lipinski definition) is 2. The maximum atomic E-state index is 12.9. The van der Waals surface area contributed by atoms with Crippen LogP contribution in [0.2, 0.25) is 0 Å². The van der Waals surface area contributed by atoms with Crippen molar-refractivity contribution >= 4 is 21.6 Å². The SMILES string of the molecule is CC(=O)Nc1ccc(S(=O)(=O)N2CC[NH+](C3CCCCCC3)CC2)cc1. The lowest BCUT2D eigenvalue weighted by atomic mass is 10.1. The lowest BCUT2D eigenvalue weighted by Gasteiger charge is -2.35. The molecule has 1 amide bonds. The predicted octanol–water partition coefficient (Wildman–Crippen LogP) is 1.26. The second-order valence-electron chi connectivity index (χ2n) is 7.46. The molecule has 1 aromatic rings. The minimum absolute atomic E-state index is 0.168. The van der Waals surface area contributed by atoms with E-state index in [-0.39, 0.29) is 5.91 Å². The Hall–Kier alpha value is -1.44. The quantitative estimate of drug-likeness (QED) is 0.773. The summed E-state index contributed by atoms with van der Waals surface area (Å²) in [5.74, 6) is -0.168. The second-order valence-corrected chi connectivity index (χ2v) is 9.39. The van der Waals surface area contributed by atoms with Crippen LogP contribution in [-0.2, 0) is 14.8 Å². The maximum Gasteiger partial charge on any atom is 0.243 e. The zero-order valence-corrected chi connectivity index (χ0v) is 16.4. The van der Waals surface area contributed by atoms with Crippen LogP contribution in [-0.4, -0.2) is 50.9 Å². The Bertz CT molecular complexity index is 702. The van der Waals surface area contributed by atoms with Crippen LogP contribution in [0.25, 0.3) is 0 Å². The summed E-state index contributed by atoms with van der Waals surface area (Å²) in [6, 6.07) is 7.14. The number of sulfonamides is 1. The number of quaternary nitrogens is 1. The number of nitrogens with zero attached hydrogens (tertiary/aromatic N) is 1. The first-order valence-electron chi connectivity index (χ1n) is 9.69. The van der Waals surface area contributed by atoms with Gasteiger partial charge >= 0.3 is 0 Å². The molecule has 1 aliphatic carbocycles. The Kier molecular flexibility index (Phi) is 6.32. The van der Waals surface area contributed by atoms with Gasteiger partial charge in [0.25, 0.3) is 0 Å². The normalized spacial score (nSPS) is 21.3. The van der Waals surface area contributed by atoms with E-state index in [1.165, 1.54) is 45.4 Å². The first-order valence-corrected chi connectivity index (χ1v) is 11.1. The highest BCUT2D eigenvalue weighted by Crippen LogP contribution is 2.19. The van der Waals surface area contributed by atoms with Crippen molar-refractivity contribution in [2.75, 3.05) is 31.5 Å². The fourth-order valence-corrected chi connectivity index (χ4v) is 5.61.